The molecule has 4 atom stereocenters. The van der Waals surface area contributed by atoms with E-state index >= 15 is 0 Å². The van der Waals surface area contributed by atoms with Gasteiger partial charge in [0.15, 0.2) is 11.9 Å². The maximum atomic E-state index is 11.4. The van der Waals surface area contributed by atoms with E-state index in [1.165, 1.54) is 0 Å². The summed E-state index contributed by atoms with van der Waals surface area (Å²) in [5, 5.41) is 28.8. The highest BCUT2D eigenvalue weighted by atomic mass is 16.5. The van der Waals surface area contributed by atoms with Gasteiger partial charge in [-0.3, -0.25) is 14.2 Å². The van der Waals surface area contributed by atoms with E-state index in [0.29, 0.717) is 0 Å². The molecule has 2 rings (SSSR count). The molecule has 10 nitrogen and oxygen atoms in total. The van der Waals surface area contributed by atoms with Gasteiger partial charge in [0, 0.05) is 0 Å². The number of aromatic nitrogens is 2. The smallest absolute Gasteiger partial charge is 0.269 e. The average molecular weight is 286 g/mol. The van der Waals surface area contributed by atoms with Crippen molar-refractivity contribution >= 4 is 11.8 Å². The normalized spacial score (nSPS) is 30.1. The number of carbonyl (C=O) groups excluding carboxylic acids is 2. The van der Waals surface area contributed by atoms with Gasteiger partial charge >= 0.3 is 0 Å². The highest BCUT2D eigenvalue weighted by Gasteiger charge is 2.40. The number of aliphatic hydroxyl groups is 3. The maximum Gasteiger partial charge on any atom is 0.269 e. The first-order chi connectivity index (χ1) is 9.34. The molecule has 1 aromatic rings. The van der Waals surface area contributed by atoms with Gasteiger partial charge in [-0.25, -0.2) is 4.98 Å². The molecule has 7 N–H and O–H groups in total. The highest BCUT2D eigenvalue weighted by molar-refractivity contribution is 6.03. The summed E-state index contributed by atoms with van der Waals surface area (Å²) in [7, 11) is 0. The van der Waals surface area contributed by atoms with E-state index < -0.39 is 36.4 Å². The number of aliphatic hydroxyl groups excluding tert-OH is 3. The summed E-state index contributed by atoms with van der Waals surface area (Å²) in [6.07, 6.45) is -4.46. The number of hydrogen-bond donors (Lipinski definition) is 5. The molecule has 0 aliphatic carbocycles. The molecule has 0 saturated carbocycles. The predicted molar refractivity (Wildman–Crippen MR) is 62.3 cm³/mol. The van der Waals surface area contributed by atoms with Crippen molar-refractivity contribution < 1.29 is 29.6 Å². The van der Waals surface area contributed by atoms with Crippen LogP contribution in [-0.4, -0.2) is 61.6 Å². The molecule has 2 heterocycles. The molecule has 10 heteroatoms. The second kappa shape index (κ2) is 5.17. The highest BCUT2D eigenvalue weighted by Crippen LogP contribution is 2.26. The molecule has 2 amide bonds. The summed E-state index contributed by atoms with van der Waals surface area (Å²) in [5.74, 6) is -1.96. The number of imidazole rings is 1. The van der Waals surface area contributed by atoms with Crippen LogP contribution in [0.2, 0.25) is 0 Å². The Morgan fingerprint density at radius 3 is 2.45 bits per heavy atom. The maximum absolute atomic E-state index is 11.4. The van der Waals surface area contributed by atoms with E-state index in [-0.39, 0.29) is 18.0 Å². The minimum Gasteiger partial charge on any atom is -0.388 e. The summed E-state index contributed by atoms with van der Waals surface area (Å²) >= 11 is 0. The zero-order valence-corrected chi connectivity index (χ0v) is 10.2. The van der Waals surface area contributed by atoms with Crippen molar-refractivity contribution in [2.24, 2.45) is 11.5 Å². The van der Waals surface area contributed by atoms with E-state index in [1.54, 1.807) is 0 Å². The van der Waals surface area contributed by atoms with E-state index in [2.05, 4.69) is 4.98 Å². The van der Waals surface area contributed by atoms with Gasteiger partial charge in [-0.05, 0) is 0 Å². The minimum absolute atomic E-state index is 0.273. The lowest BCUT2D eigenvalue weighted by Crippen LogP contribution is -2.51. The molecule has 0 bridgehead atoms. The number of hydrogen-bond acceptors (Lipinski definition) is 7. The van der Waals surface area contributed by atoms with Gasteiger partial charge in [0.05, 0.1) is 12.9 Å². The lowest BCUT2D eigenvalue weighted by molar-refractivity contribution is -0.211. The van der Waals surface area contributed by atoms with Gasteiger partial charge in [0.25, 0.3) is 11.8 Å². The molecule has 20 heavy (non-hydrogen) atoms. The quantitative estimate of drug-likeness (QED) is 0.386. The molecule has 1 aliphatic rings. The third-order valence-corrected chi connectivity index (χ3v) is 3.01. The molecule has 0 unspecified atom stereocenters. The Morgan fingerprint density at radius 1 is 1.25 bits per heavy atom. The molecule has 1 saturated heterocycles. The second-order valence-corrected chi connectivity index (χ2v) is 4.35. The van der Waals surface area contributed by atoms with Crippen LogP contribution < -0.4 is 11.5 Å². The summed E-state index contributed by atoms with van der Waals surface area (Å²) in [6, 6.07) is 0. The zero-order valence-electron chi connectivity index (χ0n) is 10.2. The molecule has 0 radical (unpaired) electrons. The Kier molecular flexibility index (Phi) is 3.72. The van der Waals surface area contributed by atoms with Crippen LogP contribution in [0.4, 0.5) is 0 Å². The van der Waals surface area contributed by atoms with Gasteiger partial charge in [-0.1, -0.05) is 0 Å². The number of amides is 2. The fourth-order valence-electron chi connectivity index (χ4n) is 2.01. The van der Waals surface area contributed by atoms with Crippen molar-refractivity contribution in [3.05, 3.63) is 17.7 Å². The third kappa shape index (κ3) is 2.25. The first kappa shape index (κ1) is 14.4. The molecule has 110 valence electrons. The standard InChI is InChI=1S/C10H14N4O6/c11-8(18)4-5(9(12)19)14(2-13-4)10-7(17)6(16)3(15)1-20-10/h2-3,6-7,10,15-17H,1H2,(H2,11,18)(H2,12,19)/t3-,6-,7-,10+/m0/s1. The lowest BCUT2D eigenvalue weighted by atomic mass is 10.0. The Balaban J connectivity index is 2.43. The Bertz CT molecular complexity index is 544. The molecule has 1 fully saturated rings. The lowest BCUT2D eigenvalue weighted by Gasteiger charge is -2.36. The molecule has 1 aliphatic heterocycles. The van der Waals surface area contributed by atoms with Crippen LogP contribution in [0.15, 0.2) is 6.33 Å². The van der Waals surface area contributed by atoms with Gasteiger partial charge in [0.2, 0.25) is 0 Å². The van der Waals surface area contributed by atoms with Crippen molar-refractivity contribution in [3.8, 4) is 0 Å². The number of primary amides is 2. The van der Waals surface area contributed by atoms with Crippen LogP contribution in [0.1, 0.15) is 27.2 Å². The summed E-state index contributed by atoms with van der Waals surface area (Å²) in [5.41, 5.74) is 9.51. The summed E-state index contributed by atoms with van der Waals surface area (Å²) < 4.78 is 6.15. The van der Waals surface area contributed by atoms with Crippen molar-refractivity contribution in [2.45, 2.75) is 24.5 Å². The molecule has 1 aromatic heterocycles. The number of carbonyl (C=O) groups is 2. The first-order valence-corrected chi connectivity index (χ1v) is 5.66. The molecular weight excluding hydrogens is 272 g/mol. The Hall–Kier alpha value is -2.01. The van der Waals surface area contributed by atoms with Crippen molar-refractivity contribution in [1.82, 2.24) is 9.55 Å². The monoisotopic (exact) mass is 286 g/mol. The fraction of sp³-hybridized carbons (Fsp3) is 0.500. The second-order valence-electron chi connectivity index (χ2n) is 4.35. The van der Waals surface area contributed by atoms with Crippen LogP contribution in [-0.2, 0) is 4.74 Å². The number of rotatable bonds is 3. The number of nitrogens with two attached hydrogens (primary N) is 2. The first-order valence-electron chi connectivity index (χ1n) is 5.66. The molecule has 0 aromatic carbocycles. The predicted octanol–water partition coefficient (Wildman–Crippen LogP) is -3.31. The Labute approximate surface area is 112 Å². The van der Waals surface area contributed by atoms with Crippen LogP contribution in [0.25, 0.3) is 0 Å². The van der Waals surface area contributed by atoms with E-state index in [4.69, 9.17) is 16.2 Å². The number of nitrogens with zero attached hydrogens (tertiary/aromatic N) is 2. The summed E-state index contributed by atoms with van der Waals surface area (Å²) in [6.45, 7) is -0.273. The average Bonchev–Trinajstić information content (AvgIpc) is 2.81. The molecule has 0 spiro atoms. The summed E-state index contributed by atoms with van der Waals surface area (Å²) in [4.78, 5) is 26.2. The van der Waals surface area contributed by atoms with E-state index in [0.717, 1.165) is 10.9 Å². The Morgan fingerprint density at radius 2 is 1.90 bits per heavy atom. The fourth-order valence-corrected chi connectivity index (χ4v) is 2.01. The number of ether oxygens (including phenoxy) is 1. The topological polar surface area (TPSA) is 174 Å². The van der Waals surface area contributed by atoms with Crippen LogP contribution >= 0.6 is 0 Å². The van der Waals surface area contributed by atoms with Gasteiger partial charge in [-0.15, -0.1) is 0 Å². The van der Waals surface area contributed by atoms with Gasteiger partial charge in [0.1, 0.15) is 24.0 Å². The van der Waals surface area contributed by atoms with Gasteiger partial charge < -0.3 is 31.5 Å². The third-order valence-electron chi connectivity index (χ3n) is 3.01. The van der Waals surface area contributed by atoms with Crippen molar-refractivity contribution in [3.63, 3.8) is 0 Å². The van der Waals surface area contributed by atoms with Crippen molar-refractivity contribution in [1.29, 1.82) is 0 Å². The van der Waals surface area contributed by atoms with E-state index in [9.17, 15) is 24.9 Å². The minimum atomic E-state index is -1.54. The van der Waals surface area contributed by atoms with E-state index in [1.807, 2.05) is 0 Å². The van der Waals surface area contributed by atoms with Crippen LogP contribution in [0, 0.1) is 0 Å². The van der Waals surface area contributed by atoms with Crippen LogP contribution in [0.5, 0.6) is 0 Å². The van der Waals surface area contributed by atoms with Gasteiger partial charge in [-0.2, -0.15) is 0 Å². The molecular formula is C10H14N4O6. The van der Waals surface area contributed by atoms with Crippen molar-refractivity contribution in [2.75, 3.05) is 6.61 Å². The SMILES string of the molecule is NC(=O)c1ncn([C@@H]2OC[C@H](O)[C@H](O)[C@@H]2O)c1C(N)=O. The largest absolute Gasteiger partial charge is 0.388 e. The zero-order chi connectivity index (χ0) is 15.0. The van der Waals surface area contributed by atoms with Crippen LogP contribution in [0.3, 0.4) is 0 Å².